The van der Waals surface area contributed by atoms with Crippen molar-refractivity contribution in [3.05, 3.63) is 58.1 Å². The molecule has 0 amide bonds. The fourth-order valence-electron chi connectivity index (χ4n) is 2.78. The molecule has 0 saturated carbocycles. The van der Waals surface area contributed by atoms with Gasteiger partial charge in [0, 0.05) is 24.5 Å². The van der Waals surface area contributed by atoms with Gasteiger partial charge < -0.3 is 10.3 Å². The number of benzene rings is 1. The Labute approximate surface area is 117 Å². The average molecular weight is 279 g/mol. The SMILES string of the molecule is NC1CCCc2c1ccn2Cc1ccc(F)c(Cl)c1. The van der Waals surface area contributed by atoms with Crippen molar-refractivity contribution in [3.8, 4) is 0 Å². The number of halogens is 2. The molecule has 1 aliphatic carbocycles. The van der Waals surface area contributed by atoms with Crippen LogP contribution in [0.4, 0.5) is 4.39 Å². The first-order chi connectivity index (χ1) is 9.15. The second-order valence-corrected chi connectivity index (χ2v) is 5.50. The molecule has 0 spiro atoms. The van der Waals surface area contributed by atoms with E-state index in [2.05, 4.69) is 16.8 Å². The van der Waals surface area contributed by atoms with Gasteiger partial charge in [0.1, 0.15) is 5.82 Å². The highest BCUT2D eigenvalue weighted by molar-refractivity contribution is 6.30. The quantitative estimate of drug-likeness (QED) is 0.893. The molecule has 2 N–H and O–H groups in total. The first kappa shape index (κ1) is 12.7. The minimum atomic E-state index is -0.373. The van der Waals surface area contributed by atoms with Crippen LogP contribution in [0.25, 0.3) is 0 Å². The molecule has 1 unspecified atom stereocenters. The van der Waals surface area contributed by atoms with Crippen LogP contribution in [0.3, 0.4) is 0 Å². The van der Waals surface area contributed by atoms with E-state index in [0.29, 0.717) is 6.54 Å². The van der Waals surface area contributed by atoms with Crippen LogP contribution in [-0.2, 0) is 13.0 Å². The summed E-state index contributed by atoms with van der Waals surface area (Å²) in [5.41, 5.74) is 9.67. The van der Waals surface area contributed by atoms with Gasteiger partial charge in [-0.15, -0.1) is 0 Å². The van der Waals surface area contributed by atoms with E-state index in [4.69, 9.17) is 17.3 Å². The summed E-state index contributed by atoms with van der Waals surface area (Å²) in [4.78, 5) is 0. The monoisotopic (exact) mass is 278 g/mol. The zero-order chi connectivity index (χ0) is 13.4. The number of aromatic nitrogens is 1. The Morgan fingerprint density at radius 3 is 3.00 bits per heavy atom. The molecular formula is C15H16ClFN2. The van der Waals surface area contributed by atoms with E-state index >= 15 is 0 Å². The van der Waals surface area contributed by atoms with Crippen LogP contribution in [0.1, 0.15) is 35.7 Å². The first-order valence-electron chi connectivity index (χ1n) is 6.52. The lowest BCUT2D eigenvalue weighted by molar-refractivity contribution is 0.548. The van der Waals surface area contributed by atoms with E-state index in [1.54, 1.807) is 12.1 Å². The smallest absolute Gasteiger partial charge is 0.141 e. The highest BCUT2D eigenvalue weighted by atomic mass is 35.5. The van der Waals surface area contributed by atoms with E-state index in [9.17, 15) is 4.39 Å². The predicted molar refractivity (Wildman–Crippen MR) is 74.8 cm³/mol. The van der Waals surface area contributed by atoms with Gasteiger partial charge in [-0.25, -0.2) is 4.39 Å². The third-order valence-corrected chi connectivity index (χ3v) is 4.07. The molecule has 100 valence electrons. The minimum Gasteiger partial charge on any atom is -0.347 e. The van der Waals surface area contributed by atoms with Gasteiger partial charge in [-0.1, -0.05) is 17.7 Å². The lowest BCUT2D eigenvalue weighted by Crippen LogP contribution is -2.18. The van der Waals surface area contributed by atoms with E-state index in [1.165, 1.54) is 17.3 Å². The van der Waals surface area contributed by atoms with Gasteiger partial charge >= 0.3 is 0 Å². The Hall–Kier alpha value is -1.32. The van der Waals surface area contributed by atoms with Crippen molar-refractivity contribution < 1.29 is 4.39 Å². The fourth-order valence-corrected chi connectivity index (χ4v) is 2.98. The second-order valence-electron chi connectivity index (χ2n) is 5.09. The Bertz CT molecular complexity index is 606. The summed E-state index contributed by atoms with van der Waals surface area (Å²) in [5.74, 6) is -0.373. The molecule has 0 aliphatic heterocycles. The Kier molecular flexibility index (Phi) is 3.33. The Balaban J connectivity index is 1.89. The maximum absolute atomic E-state index is 13.1. The standard InChI is InChI=1S/C15H16ClFN2/c16-12-8-10(4-5-13(12)17)9-19-7-6-11-14(18)2-1-3-15(11)19/h4-8,14H,1-3,9,18H2. The highest BCUT2D eigenvalue weighted by Gasteiger charge is 2.20. The van der Waals surface area contributed by atoms with E-state index in [-0.39, 0.29) is 16.9 Å². The van der Waals surface area contributed by atoms with Crippen molar-refractivity contribution in [2.45, 2.75) is 31.8 Å². The van der Waals surface area contributed by atoms with Crippen LogP contribution in [0.2, 0.25) is 5.02 Å². The molecule has 19 heavy (non-hydrogen) atoms. The van der Waals surface area contributed by atoms with E-state index in [0.717, 1.165) is 24.8 Å². The maximum atomic E-state index is 13.1. The van der Waals surface area contributed by atoms with Crippen LogP contribution < -0.4 is 5.73 Å². The van der Waals surface area contributed by atoms with Gasteiger partial charge in [-0.2, -0.15) is 0 Å². The topological polar surface area (TPSA) is 30.9 Å². The first-order valence-corrected chi connectivity index (χ1v) is 6.90. The predicted octanol–water partition coefficient (Wildman–Crippen LogP) is 3.67. The molecule has 0 radical (unpaired) electrons. The van der Waals surface area contributed by atoms with Crippen molar-refractivity contribution in [1.82, 2.24) is 4.57 Å². The summed E-state index contributed by atoms with van der Waals surface area (Å²) >= 11 is 5.82. The molecule has 0 saturated heterocycles. The van der Waals surface area contributed by atoms with Crippen molar-refractivity contribution >= 4 is 11.6 Å². The normalized spacial score (nSPS) is 18.4. The average Bonchev–Trinajstić information content (AvgIpc) is 2.79. The van der Waals surface area contributed by atoms with Crippen LogP contribution in [0.5, 0.6) is 0 Å². The lowest BCUT2D eigenvalue weighted by Gasteiger charge is -2.21. The van der Waals surface area contributed by atoms with Gasteiger partial charge in [-0.05, 0) is 48.6 Å². The Morgan fingerprint density at radius 1 is 1.37 bits per heavy atom. The van der Waals surface area contributed by atoms with Gasteiger partial charge in [0.05, 0.1) is 5.02 Å². The van der Waals surface area contributed by atoms with Gasteiger partial charge in [0.15, 0.2) is 0 Å². The summed E-state index contributed by atoms with van der Waals surface area (Å²) in [7, 11) is 0. The maximum Gasteiger partial charge on any atom is 0.141 e. The second kappa shape index (κ2) is 4.99. The zero-order valence-corrected chi connectivity index (χ0v) is 11.3. The lowest BCUT2D eigenvalue weighted by atomic mass is 9.93. The van der Waals surface area contributed by atoms with Gasteiger partial charge in [0.25, 0.3) is 0 Å². The van der Waals surface area contributed by atoms with Crippen molar-refractivity contribution in [1.29, 1.82) is 0 Å². The Morgan fingerprint density at radius 2 is 2.21 bits per heavy atom. The highest BCUT2D eigenvalue weighted by Crippen LogP contribution is 2.29. The van der Waals surface area contributed by atoms with Crippen molar-refractivity contribution in [2.24, 2.45) is 5.73 Å². The minimum absolute atomic E-state index is 0.154. The molecule has 2 nitrogen and oxygen atoms in total. The molecule has 0 bridgehead atoms. The summed E-state index contributed by atoms with van der Waals surface area (Å²) in [6, 6.07) is 7.13. The molecular weight excluding hydrogens is 263 g/mol. The number of hydrogen-bond donors (Lipinski definition) is 1. The van der Waals surface area contributed by atoms with E-state index in [1.807, 2.05) is 0 Å². The largest absolute Gasteiger partial charge is 0.347 e. The summed E-state index contributed by atoms with van der Waals surface area (Å²) in [5, 5.41) is 0.176. The zero-order valence-electron chi connectivity index (χ0n) is 10.6. The summed E-state index contributed by atoms with van der Waals surface area (Å²) in [6.45, 7) is 0.710. The van der Waals surface area contributed by atoms with E-state index < -0.39 is 0 Å². The molecule has 1 aromatic heterocycles. The van der Waals surface area contributed by atoms with Gasteiger partial charge in [0.2, 0.25) is 0 Å². The van der Waals surface area contributed by atoms with Crippen LogP contribution in [0, 0.1) is 5.82 Å². The van der Waals surface area contributed by atoms with Crippen molar-refractivity contribution in [2.75, 3.05) is 0 Å². The number of nitrogens with two attached hydrogens (primary N) is 1. The van der Waals surface area contributed by atoms with Gasteiger partial charge in [-0.3, -0.25) is 0 Å². The van der Waals surface area contributed by atoms with Crippen molar-refractivity contribution in [3.63, 3.8) is 0 Å². The number of fused-ring (bicyclic) bond motifs is 1. The molecule has 1 aliphatic rings. The molecule has 1 aromatic carbocycles. The van der Waals surface area contributed by atoms with Crippen LogP contribution in [0.15, 0.2) is 30.5 Å². The molecule has 2 aromatic rings. The molecule has 1 atom stereocenters. The third-order valence-electron chi connectivity index (χ3n) is 3.78. The molecule has 3 rings (SSSR count). The summed E-state index contributed by atoms with van der Waals surface area (Å²) < 4.78 is 15.3. The number of nitrogens with zero attached hydrogens (tertiary/aromatic N) is 1. The summed E-state index contributed by atoms with van der Waals surface area (Å²) in [6.07, 6.45) is 5.31. The number of rotatable bonds is 2. The molecule has 1 heterocycles. The fraction of sp³-hybridized carbons (Fsp3) is 0.333. The molecule has 4 heteroatoms. The van der Waals surface area contributed by atoms with Crippen LogP contribution in [-0.4, -0.2) is 4.57 Å². The number of hydrogen-bond acceptors (Lipinski definition) is 1. The molecule has 0 fully saturated rings. The third kappa shape index (κ3) is 2.40. The van der Waals surface area contributed by atoms with Crippen LogP contribution >= 0.6 is 11.6 Å².